The fraction of sp³-hybridized carbons (Fsp3) is 0.348. The molecule has 9 heteroatoms. The van der Waals surface area contributed by atoms with Gasteiger partial charge in [0.2, 0.25) is 11.1 Å². The van der Waals surface area contributed by atoms with Crippen molar-refractivity contribution in [2.75, 3.05) is 11.6 Å². The molecule has 1 heterocycles. The lowest BCUT2D eigenvalue weighted by Gasteiger charge is -2.19. The molecule has 0 aliphatic heterocycles. The molecule has 1 atom stereocenters. The number of nitrogens with one attached hydrogen (secondary N) is 1. The molecule has 3 N–H and O–H groups in total. The zero-order valence-electron chi connectivity index (χ0n) is 18.6. The van der Waals surface area contributed by atoms with Gasteiger partial charge in [-0.15, -0.1) is 10.2 Å². The van der Waals surface area contributed by atoms with E-state index in [0.717, 1.165) is 11.3 Å². The van der Waals surface area contributed by atoms with Gasteiger partial charge in [-0.2, -0.15) is 0 Å². The van der Waals surface area contributed by atoms with Gasteiger partial charge >= 0.3 is 0 Å². The monoisotopic (exact) mass is 473 g/mol. The second-order valence-electron chi connectivity index (χ2n) is 8.43. The average molecular weight is 474 g/mol. The van der Waals surface area contributed by atoms with E-state index in [0.29, 0.717) is 16.0 Å². The number of carbonyl (C=O) groups excluding carboxylic acids is 1. The number of nitrogen functional groups attached to an aromatic ring is 1. The van der Waals surface area contributed by atoms with E-state index in [1.54, 1.807) is 6.07 Å². The number of benzene rings is 2. The Morgan fingerprint density at radius 1 is 1.19 bits per heavy atom. The average Bonchev–Trinajstić information content (AvgIpc) is 3.10. The van der Waals surface area contributed by atoms with Gasteiger partial charge in [-0.05, 0) is 41.7 Å². The van der Waals surface area contributed by atoms with Gasteiger partial charge in [-0.25, -0.2) is 4.68 Å². The smallest absolute Gasteiger partial charge is 0.230 e. The minimum Gasteiger partial charge on any atom is -0.486 e. The predicted molar refractivity (Wildman–Crippen MR) is 128 cm³/mol. The number of thioether (sulfide) groups is 1. The van der Waals surface area contributed by atoms with E-state index in [9.17, 15) is 4.79 Å². The highest BCUT2D eigenvalue weighted by Crippen LogP contribution is 2.25. The lowest BCUT2D eigenvalue weighted by Crippen LogP contribution is -2.28. The number of amides is 1. The van der Waals surface area contributed by atoms with Crippen molar-refractivity contribution in [3.63, 3.8) is 0 Å². The molecular formula is C23H28ClN5O2S. The highest BCUT2D eigenvalue weighted by Gasteiger charge is 2.16. The predicted octanol–water partition coefficient (Wildman–Crippen LogP) is 4.49. The SMILES string of the molecule is CC(NC(=O)CSc1nnc(COc2ccc(C(C)(C)C)cc2)n1N)c1ccccc1Cl. The summed E-state index contributed by atoms with van der Waals surface area (Å²) >= 11 is 7.40. The summed E-state index contributed by atoms with van der Waals surface area (Å²) in [5, 5.41) is 12.1. The molecule has 1 aromatic heterocycles. The molecule has 1 amide bonds. The molecule has 3 aromatic rings. The standard InChI is InChI=1S/C23H28ClN5O2S/c1-15(18-7-5-6-8-19(18)24)26-21(30)14-32-22-28-27-20(29(22)25)13-31-17-11-9-16(10-12-17)23(2,3)4/h5-12,15H,13-14,25H2,1-4H3,(H,26,30). The van der Waals surface area contributed by atoms with Crippen LogP contribution in [0.25, 0.3) is 0 Å². The van der Waals surface area contributed by atoms with Crippen molar-refractivity contribution >= 4 is 29.3 Å². The Balaban J connectivity index is 1.51. The molecule has 3 rings (SSSR count). The van der Waals surface area contributed by atoms with Crippen LogP contribution >= 0.6 is 23.4 Å². The number of ether oxygens (including phenoxy) is 1. The summed E-state index contributed by atoms with van der Waals surface area (Å²) in [7, 11) is 0. The number of carbonyl (C=O) groups is 1. The molecule has 0 aliphatic rings. The van der Waals surface area contributed by atoms with Gasteiger partial charge in [0, 0.05) is 5.02 Å². The van der Waals surface area contributed by atoms with E-state index in [1.165, 1.54) is 22.0 Å². The van der Waals surface area contributed by atoms with Crippen molar-refractivity contribution in [2.24, 2.45) is 0 Å². The van der Waals surface area contributed by atoms with Gasteiger partial charge in [0.25, 0.3) is 0 Å². The van der Waals surface area contributed by atoms with Crippen molar-refractivity contribution in [1.29, 1.82) is 0 Å². The molecule has 0 saturated heterocycles. The minimum absolute atomic E-state index is 0.0829. The van der Waals surface area contributed by atoms with Gasteiger partial charge in [0.15, 0.2) is 5.82 Å². The van der Waals surface area contributed by atoms with Crippen molar-refractivity contribution in [1.82, 2.24) is 20.2 Å². The number of hydrogen-bond donors (Lipinski definition) is 2. The van der Waals surface area contributed by atoms with Crippen LogP contribution in [0.15, 0.2) is 53.7 Å². The van der Waals surface area contributed by atoms with Crippen molar-refractivity contribution < 1.29 is 9.53 Å². The number of nitrogens with zero attached hydrogens (tertiary/aromatic N) is 3. The normalized spacial score (nSPS) is 12.4. The van der Waals surface area contributed by atoms with Crippen LogP contribution in [0.2, 0.25) is 5.02 Å². The Labute approximate surface area is 197 Å². The Bertz CT molecular complexity index is 1060. The first-order chi connectivity index (χ1) is 15.1. The van der Waals surface area contributed by atoms with Gasteiger partial charge in [0.05, 0.1) is 11.8 Å². The topological polar surface area (TPSA) is 95.1 Å². The van der Waals surface area contributed by atoms with Crippen LogP contribution in [0.1, 0.15) is 50.7 Å². The van der Waals surface area contributed by atoms with Crippen molar-refractivity contribution in [3.05, 3.63) is 70.5 Å². The molecule has 0 bridgehead atoms. The second kappa shape index (κ2) is 10.3. The van der Waals surface area contributed by atoms with Crippen molar-refractivity contribution in [2.45, 2.75) is 50.9 Å². The van der Waals surface area contributed by atoms with E-state index in [-0.39, 0.29) is 29.7 Å². The number of rotatable bonds is 8. The molecule has 170 valence electrons. The maximum Gasteiger partial charge on any atom is 0.230 e. The van der Waals surface area contributed by atoms with Crippen LogP contribution in [0.5, 0.6) is 5.75 Å². The minimum atomic E-state index is -0.207. The number of nitrogens with two attached hydrogens (primary N) is 1. The molecule has 2 aromatic carbocycles. The molecule has 0 aliphatic carbocycles. The summed E-state index contributed by atoms with van der Waals surface area (Å²) in [5.41, 5.74) is 2.18. The molecule has 0 radical (unpaired) electrons. The quantitative estimate of drug-likeness (QED) is 0.369. The molecule has 7 nitrogen and oxygen atoms in total. The lowest BCUT2D eigenvalue weighted by molar-refractivity contribution is -0.119. The van der Waals surface area contributed by atoms with E-state index in [2.05, 4.69) is 36.3 Å². The summed E-state index contributed by atoms with van der Waals surface area (Å²) < 4.78 is 7.13. The Morgan fingerprint density at radius 3 is 2.53 bits per heavy atom. The third-order valence-corrected chi connectivity index (χ3v) is 6.19. The fourth-order valence-corrected chi connectivity index (χ4v) is 4.01. The first-order valence-electron chi connectivity index (χ1n) is 10.2. The zero-order chi connectivity index (χ0) is 23.3. The largest absolute Gasteiger partial charge is 0.486 e. The van der Waals surface area contributed by atoms with Crippen molar-refractivity contribution in [3.8, 4) is 5.75 Å². The van der Waals surface area contributed by atoms with Crippen LogP contribution in [0.4, 0.5) is 0 Å². The van der Waals surface area contributed by atoms with E-state index < -0.39 is 0 Å². The van der Waals surface area contributed by atoms with E-state index >= 15 is 0 Å². The van der Waals surface area contributed by atoms with Crippen LogP contribution in [-0.2, 0) is 16.8 Å². The van der Waals surface area contributed by atoms with Crippen LogP contribution in [0.3, 0.4) is 0 Å². The Hall–Kier alpha value is -2.71. The maximum atomic E-state index is 12.3. The molecule has 0 spiro atoms. The summed E-state index contributed by atoms with van der Waals surface area (Å²) in [5.74, 6) is 7.28. The first kappa shape index (κ1) is 23.9. The third-order valence-electron chi connectivity index (χ3n) is 4.91. The van der Waals surface area contributed by atoms with Gasteiger partial charge < -0.3 is 15.9 Å². The number of halogens is 1. The van der Waals surface area contributed by atoms with E-state index in [1.807, 2.05) is 49.4 Å². The van der Waals surface area contributed by atoms with Crippen LogP contribution < -0.4 is 15.9 Å². The molecule has 0 fully saturated rings. The van der Waals surface area contributed by atoms with Gasteiger partial charge in [0.1, 0.15) is 12.4 Å². The summed E-state index contributed by atoms with van der Waals surface area (Å²) in [6, 6.07) is 15.2. The summed E-state index contributed by atoms with van der Waals surface area (Å²) in [6.07, 6.45) is 0. The number of aromatic nitrogens is 3. The second-order valence-corrected chi connectivity index (χ2v) is 9.78. The highest BCUT2D eigenvalue weighted by atomic mass is 35.5. The summed E-state index contributed by atoms with van der Waals surface area (Å²) in [6.45, 7) is 8.55. The molecule has 1 unspecified atom stereocenters. The van der Waals surface area contributed by atoms with E-state index in [4.69, 9.17) is 22.2 Å². The third kappa shape index (κ3) is 6.17. The van der Waals surface area contributed by atoms with Gasteiger partial charge in [-0.1, -0.05) is 74.5 Å². The Kier molecular flexibility index (Phi) is 7.69. The van der Waals surface area contributed by atoms with Gasteiger partial charge in [-0.3, -0.25) is 4.79 Å². The highest BCUT2D eigenvalue weighted by molar-refractivity contribution is 7.99. The van der Waals surface area contributed by atoms with Crippen LogP contribution in [-0.4, -0.2) is 26.5 Å². The Morgan fingerprint density at radius 2 is 1.88 bits per heavy atom. The molecule has 0 saturated carbocycles. The lowest BCUT2D eigenvalue weighted by atomic mass is 9.87. The molecule has 32 heavy (non-hydrogen) atoms. The fourth-order valence-electron chi connectivity index (χ4n) is 3.02. The summed E-state index contributed by atoms with van der Waals surface area (Å²) in [4.78, 5) is 12.3. The van der Waals surface area contributed by atoms with Crippen LogP contribution in [0, 0.1) is 0 Å². The molecular weight excluding hydrogens is 446 g/mol. The first-order valence-corrected chi connectivity index (χ1v) is 11.6. The number of hydrogen-bond acceptors (Lipinski definition) is 6. The zero-order valence-corrected chi connectivity index (χ0v) is 20.2. The maximum absolute atomic E-state index is 12.3.